The summed E-state index contributed by atoms with van der Waals surface area (Å²) in [5.41, 5.74) is 5.33. The molecular weight excluding hydrogens is 715 g/mol. The normalized spacial score (nSPS) is 9.56. The van der Waals surface area contributed by atoms with Crippen molar-refractivity contribution in [2.24, 2.45) is 0 Å². The van der Waals surface area contributed by atoms with E-state index in [-0.39, 0.29) is 20.1 Å². The molecule has 0 aliphatic heterocycles. The average Bonchev–Trinajstić information content (AvgIpc) is 3.10. The molecule has 0 aliphatic carbocycles. The van der Waals surface area contributed by atoms with Crippen LogP contribution in [-0.4, -0.2) is 36.3 Å². The van der Waals surface area contributed by atoms with Crippen LogP contribution in [0, 0.1) is 18.2 Å². The summed E-state index contributed by atoms with van der Waals surface area (Å²) in [6.45, 7) is 0. The number of ether oxygens (including phenoxy) is 3. The van der Waals surface area contributed by atoms with E-state index >= 15 is 0 Å². The smallest absolute Gasteiger partial charge is 0.540 e. The average molecular weight is 745 g/mol. The first-order valence-corrected chi connectivity index (χ1v) is 13.1. The summed E-state index contributed by atoms with van der Waals surface area (Å²) in [5, 5.41) is 0. The largest absolute Gasteiger partial charge is 3.00 e. The predicted molar refractivity (Wildman–Crippen MR) is 165 cm³/mol. The summed E-state index contributed by atoms with van der Waals surface area (Å²) >= 11 is 0. The van der Waals surface area contributed by atoms with Crippen molar-refractivity contribution in [1.29, 1.82) is 0 Å². The molecule has 0 N–H and O–H groups in total. The maximum atomic E-state index is 5.23. The zero-order valence-electron chi connectivity index (χ0n) is 24.0. The second kappa shape index (κ2) is 17.9. The third-order valence-electron chi connectivity index (χ3n) is 5.88. The Morgan fingerprint density at radius 1 is 0.419 bits per heavy atom. The monoisotopic (exact) mass is 745 g/mol. The molecule has 0 saturated carbocycles. The molecule has 43 heavy (non-hydrogen) atoms. The quantitative estimate of drug-likeness (QED) is 0.163. The summed E-state index contributed by atoms with van der Waals surface area (Å²) in [7, 11) is 4.95. The fraction of sp³-hybridized carbons (Fsp3) is 0.0833. The van der Waals surface area contributed by atoms with Gasteiger partial charge in [-0.15, -0.1) is 72.8 Å². The van der Waals surface area contributed by atoms with Gasteiger partial charge in [0.25, 0.3) is 0 Å². The van der Waals surface area contributed by atoms with Crippen molar-refractivity contribution < 1.29 is 34.3 Å². The van der Waals surface area contributed by atoms with Crippen molar-refractivity contribution in [1.82, 2.24) is 15.0 Å². The second-order valence-electron chi connectivity index (χ2n) is 8.49. The molecule has 6 nitrogen and oxygen atoms in total. The Bertz CT molecular complexity index is 1440. The molecule has 0 atom stereocenters. The number of rotatable bonds is 6. The molecule has 0 fully saturated rings. The first-order chi connectivity index (χ1) is 20.7. The van der Waals surface area contributed by atoms with Crippen LogP contribution in [0.1, 0.15) is 0 Å². The van der Waals surface area contributed by atoms with E-state index in [0.29, 0.717) is 0 Å². The standard InChI is InChI=1S/3C12H10NO.Ir/c3*1-14-12-8-3-2-6-10(12)11-7-4-5-9-13-11;/h3*2-5,7-9H,1H3;/q3*-1;+3. The van der Waals surface area contributed by atoms with Crippen molar-refractivity contribution >= 4 is 0 Å². The van der Waals surface area contributed by atoms with Crippen molar-refractivity contribution in [3.05, 3.63) is 146 Å². The predicted octanol–water partition coefficient (Wildman–Crippen LogP) is 7.67. The number of methoxy groups -OCH3 is 3. The molecular formula is C36H30IrN3O3. The summed E-state index contributed by atoms with van der Waals surface area (Å²) in [6.07, 6.45) is 5.28. The number of nitrogens with zero attached hydrogens (tertiary/aromatic N) is 3. The second-order valence-corrected chi connectivity index (χ2v) is 8.49. The number of benzene rings is 3. The van der Waals surface area contributed by atoms with Gasteiger partial charge >= 0.3 is 20.1 Å². The molecule has 3 aromatic heterocycles. The van der Waals surface area contributed by atoms with E-state index in [9.17, 15) is 0 Å². The number of hydrogen-bond donors (Lipinski definition) is 0. The van der Waals surface area contributed by atoms with Gasteiger partial charge in [-0.1, -0.05) is 53.1 Å². The van der Waals surface area contributed by atoms with Gasteiger partial charge in [-0.05, 0) is 35.3 Å². The van der Waals surface area contributed by atoms with E-state index in [1.54, 1.807) is 39.9 Å². The van der Waals surface area contributed by atoms with E-state index in [2.05, 4.69) is 33.2 Å². The molecule has 0 amide bonds. The fourth-order valence-electron chi connectivity index (χ4n) is 3.91. The Morgan fingerprint density at radius 3 is 0.953 bits per heavy atom. The minimum Gasteiger partial charge on any atom is -0.540 e. The van der Waals surface area contributed by atoms with Gasteiger partial charge in [-0.2, -0.15) is 0 Å². The van der Waals surface area contributed by atoms with Crippen LogP contribution in [0.2, 0.25) is 0 Å². The van der Waals surface area contributed by atoms with Crippen LogP contribution >= 0.6 is 0 Å². The topological polar surface area (TPSA) is 66.4 Å². The molecule has 0 aliphatic rings. The zero-order valence-corrected chi connectivity index (χ0v) is 26.4. The molecule has 7 heteroatoms. The van der Waals surface area contributed by atoms with Gasteiger partial charge in [0.05, 0.1) is 21.3 Å². The molecule has 6 aromatic rings. The van der Waals surface area contributed by atoms with E-state index in [1.807, 2.05) is 109 Å². The van der Waals surface area contributed by atoms with Crippen molar-refractivity contribution in [3.63, 3.8) is 0 Å². The third-order valence-corrected chi connectivity index (χ3v) is 5.88. The summed E-state index contributed by atoms with van der Waals surface area (Å²) in [5.74, 6) is 2.39. The zero-order chi connectivity index (χ0) is 29.4. The molecule has 3 aromatic carbocycles. The molecule has 0 spiro atoms. The minimum atomic E-state index is 0. The minimum absolute atomic E-state index is 0. The summed E-state index contributed by atoms with van der Waals surface area (Å²) in [6, 6.07) is 43.6. The Morgan fingerprint density at radius 2 is 0.721 bits per heavy atom. The van der Waals surface area contributed by atoms with Crippen molar-refractivity contribution in [2.45, 2.75) is 0 Å². The van der Waals surface area contributed by atoms with Gasteiger partial charge in [-0.3, -0.25) is 0 Å². The molecule has 3 heterocycles. The maximum Gasteiger partial charge on any atom is 3.00 e. The number of hydrogen-bond acceptors (Lipinski definition) is 6. The summed E-state index contributed by atoms with van der Waals surface area (Å²) < 4.78 is 15.7. The Balaban J connectivity index is 0.000000175. The van der Waals surface area contributed by atoms with E-state index < -0.39 is 0 Å². The first-order valence-electron chi connectivity index (χ1n) is 13.1. The van der Waals surface area contributed by atoms with Gasteiger partial charge in [-0.25, -0.2) is 0 Å². The van der Waals surface area contributed by atoms with Gasteiger partial charge in [0.2, 0.25) is 0 Å². The van der Waals surface area contributed by atoms with Crippen molar-refractivity contribution in [2.75, 3.05) is 21.3 Å². The number of pyridine rings is 3. The fourth-order valence-corrected chi connectivity index (χ4v) is 3.91. The van der Waals surface area contributed by atoms with E-state index in [1.165, 1.54) is 0 Å². The van der Waals surface area contributed by atoms with Crippen LogP contribution in [0.25, 0.3) is 33.8 Å². The molecule has 0 radical (unpaired) electrons. The van der Waals surface area contributed by atoms with Crippen LogP contribution < -0.4 is 14.2 Å². The van der Waals surface area contributed by atoms with Gasteiger partial charge in [0.1, 0.15) is 0 Å². The SMILES string of the molecule is COc1ccc[c-]c1-c1ccccn1.COc1ccc[c-]c1-c1ccccn1.COc1ccc[c-]c1-c1ccccn1.[Ir+3]. The van der Waals surface area contributed by atoms with Crippen LogP contribution in [0.3, 0.4) is 0 Å². The van der Waals surface area contributed by atoms with Crippen LogP contribution in [0.4, 0.5) is 0 Å². The Kier molecular flexibility index (Phi) is 13.6. The third kappa shape index (κ3) is 9.33. The van der Waals surface area contributed by atoms with Gasteiger partial charge in [0, 0.05) is 35.8 Å². The molecule has 0 saturated heterocycles. The number of aromatic nitrogens is 3. The Hall–Kier alpha value is -4.84. The van der Waals surface area contributed by atoms with E-state index in [0.717, 1.165) is 51.0 Å². The Labute approximate surface area is 266 Å². The van der Waals surface area contributed by atoms with Crippen molar-refractivity contribution in [3.8, 4) is 51.0 Å². The van der Waals surface area contributed by atoms with Crippen LogP contribution in [0.5, 0.6) is 17.2 Å². The van der Waals surface area contributed by atoms with Gasteiger partial charge in [0.15, 0.2) is 0 Å². The summed E-state index contributed by atoms with van der Waals surface area (Å²) in [4.78, 5) is 12.7. The first kappa shape index (κ1) is 32.7. The van der Waals surface area contributed by atoms with Crippen LogP contribution in [0.15, 0.2) is 128 Å². The van der Waals surface area contributed by atoms with Gasteiger partial charge < -0.3 is 29.2 Å². The van der Waals surface area contributed by atoms with Crippen LogP contribution in [-0.2, 0) is 20.1 Å². The molecule has 0 bridgehead atoms. The molecule has 0 unspecified atom stereocenters. The van der Waals surface area contributed by atoms with E-state index in [4.69, 9.17) is 14.2 Å². The maximum absolute atomic E-state index is 5.23. The molecule has 216 valence electrons. The molecule has 6 rings (SSSR count).